The molecule has 0 spiro atoms. The Labute approximate surface area is 159 Å². The molecule has 4 atom stereocenters. The van der Waals surface area contributed by atoms with Gasteiger partial charge in [0.25, 0.3) is 0 Å². The SMILES string of the molecule is c1csc([C@@H](c2nnnn2C2CCCCC2)[NH+]2CC[NH+]3CCC[C@@H]3C2)c1. The lowest BCUT2D eigenvalue weighted by molar-refractivity contribution is -1.03. The van der Waals surface area contributed by atoms with E-state index in [-0.39, 0.29) is 0 Å². The number of fused-ring (bicyclic) bond motifs is 1. The smallest absolute Gasteiger partial charge is 0.215 e. The largest absolute Gasteiger partial charge is 0.323 e. The van der Waals surface area contributed by atoms with Gasteiger partial charge in [-0.05, 0) is 34.7 Å². The van der Waals surface area contributed by atoms with E-state index in [0.29, 0.717) is 12.1 Å². The van der Waals surface area contributed by atoms with Gasteiger partial charge in [-0.25, -0.2) is 4.68 Å². The van der Waals surface area contributed by atoms with Gasteiger partial charge >= 0.3 is 0 Å². The minimum absolute atomic E-state index is 0.300. The summed E-state index contributed by atoms with van der Waals surface area (Å²) in [6, 6.07) is 6.09. The third-order valence-corrected chi connectivity index (χ3v) is 7.77. The van der Waals surface area contributed by atoms with E-state index in [1.165, 1.54) is 76.0 Å². The van der Waals surface area contributed by atoms with Crippen LogP contribution in [0.2, 0.25) is 0 Å². The van der Waals surface area contributed by atoms with Gasteiger partial charge < -0.3 is 9.80 Å². The number of nitrogens with zero attached hydrogens (tertiary/aromatic N) is 4. The molecule has 5 rings (SSSR count). The Kier molecular flexibility index (Phi) is 4.77. The number of thiophene rings is 1. The number of tetrazole rings is 1. The monoisotopic (exact) mass is 374 g/mol. The summed E-state index contributed by atoms with van der Waals surface area (Å²) < 4.78 is 2.20. The van der Waals surface area contributed by atoms with Crippen molar-refractivity contribution in [2.75, 3.05) is 26.2 Å². The van der Waals surface area contributed by atoms with E-state index < -0.39 is 0 Å². The molecule has 1 aliphatic carbocycles. The zero-order chi connectivity index (χ0) is 17.3. The Bertz CT molecular complexity index is 707. The van der Waals surface area contributed by atoms with Crippen LogP contribution in [0.5, 0.6) is 0 Å². The van der Waals surface area contributed by atoms with Crippen molar-refractivity contribution in [3.05, 3.63) is 28.2 Å². The van der Waals surface area contributed by atoms with Crippen LogP contribution in [0, 0.1) is 0 Å². The number of quaternary nitrogens is 2. The second kappa shape index (κ2) is 7.37. The van der Waals surface area contributed by atoms with Crippen molar-refractivity contribution in [2.45, 2.75) is 63.1 Å². The van der Waals surface area contributed by atoms with Crippen LogP contribution in [0.4, 0.5) is 0 Å². The molecule has 2 unspecified atom stereocenters. The van der Waals surface area contributed by atoms with Crippen LogP contribution in [0.1, 0.15) is 67.7 Å². The van der Waals surface area contributed by atoms with Gasteiger partial charge in [0.2, 0.25) is 5.82 Å². The Morgan fingerprint density at radius 1 is 1.08 bits per heavy atom. The van der Waals surface area contributed by atoms with Gasteiger partial charge in [-0.2, -0.15) is 0 Å². The molecule has 3 aliphatic rings. The van der Waals surface area contributed by atoms with Gasteiger partial charge in [0.15, 0.2) is 6.04 Å². The highest BCUT2D eigenvalue weighted by atomic mass is 32.1. The number of hydrogen-bond donors (Lipinski definition) is 2. The predicted octanol–water partition coefficient (Wildman–Crippen LogP) is 0.275. The topological polar surface area (TPSA) is 52.5 Å². The molecule has 2 saturated heterocycles. The number of nitrogens with one attached hydrogen (secondary N) is 2. The lowest BCUT2D eigenvalue weighted by Crippen LogP contribution is -3.29. The van der Waals surface area contributed by atoms with Gasteiger partial charge in [-0.1, -0.05) is 25.3 Å². The number of hydrogen-bond acceptors (Lipinski definition) is 4. The molecule has 0 aromatic carbocycles. The summed E-state index contributed by atoms with van der Waals surface area (Å²) in [6.07, 6.45) is 9.23. The Balaban J connectivity index is 1.47. The Hall–Kier alpha value is -1.31. The van der Waals surface area contributed by atoms with Gasteiger partial charge in [0.05, 0.1) is 17.5 Å². The number of rotatable bonds is 4. The predicted molar refractivity (Wildman–Crippen MR) is 101 cm³/mol. The van der Waals surface area contributed by atoms with Crippen LogP contribution < -0.4 is 9.80 Å². The van der Waals surface area contributed by atoms with Crippen LogP contribution >= 0.6 is 11.3 Å². The molecule has 4 heterocycles. The molecule has 0 amide bonds. The highest BCUT2D eigenvalue weighted by Gasteiger charge is 2.43. The second-order valence-corrected chi connectivity index (χ2v) is 9.31. The second-order valence-electron chi connectivity index (χ2n) is 8.33. The van der Waals surface area contributed by atoms with Crippen molar-refractivity contribution in [2.24, 2.45) is 0 Å². The molecular formula is C19H30N6S+2. The lowest BCUT2D eigenvalue weighted by Gasteiger charge is -2.36. The molecule has 2 aliphatic heterocycles. The van der Waals surface area contributed by atoms with E-state index >= 15 is 0 Å². The minimum atomic E-state index is 0.300. The molecule has 2 aromatic rings. The molecule has 2 aromatic heterocycles. The molecule has 0 radical (unpaired) electrons. The van der Waals surface area contributed by atoms with E-state index in [9.17, 15) is 0 Å². The summed E-state index contributed by atoms with van der Waals surface area (Å²) in [6.45, 7) is 5.16. The fourth-order valence-corrected chi connectivity index (χ4v) is 6.38. The average molecular weight is 375 g/mol. The normalized spacial score (nSPS) is 31.0. The van der Waals surface area contributed by atoms with Crippen LogP contribution in [0.3, 0.4) is 0 Å². The molecule has 1 saturated carbocycles. The summed E-state index contributed by atoms with van der Waals surface area (Å²) >= 11 is 1.87. The summed E-state index contributed by atoms with van der Waals surface area (Å²) in [4.78, 5) is 4.94. The van der Waals surface area contributed by atoms with Gasteiger partial charge in [-0.15, -0.1) is 16.4 Å². The van der Waals surface area contributed by atoms with Crippen molar-refractivity contribution in [1.29, 1.82) is 0 Å². The molecule has 2 N–H and O–H groups in total. The zero-order valence-corrected chi connectivity index (χ0v) is 16.3. The van der Waals surface area contributed by atoms with E-state index in [4.69, 9.17) is 0 Å². The van der Waals surface area contributed by atoms with E-state index in [0.717, 1.165) is 11.9 Å². The van der Waals surface area contributed by atoms with E-state index in [1.54, 1.807) is 4.90 Å². The fourth-order valence-electron chi connectivity index (χ4n) is 5.50. The minimum Gasteiger partial charge on any atom is -0.323 e. The van der Waals surface area contributed by atoms with Crippen molar-refractivity contribution in [3.8, 4) is 0 Å². The fraction of sp³-hybridized carbons (Fsp3) is 0.737. The highest BCUT2D eigenvalue weighted by molar-refractivity contribution is 7.10. The van der Waals surface area contributed by atoms with Crippen molar-refractivity contribution >= 4 is 11.3 Å². The molecule has 0 bridgehead atoms. The first-order valence-electron chi connectivity index (χ1n) is 10.4. The molecule has 3 fully saturated rings. The first-order valence-corrected chi connectivity index (χ1v) is 11.3. The lowest BCUT2D eigenvalue weighted by atomic mass is 9.95. The Morgan fingerprint density at radius 3 is 2.85 bits per heavy atom. The summed E-state index contributed by atoms with van der Waals surface area (Å²) in [5, 5.41) is 15.4. The summed E-state index contributed by atoms with van der Waals surface area (Å²) in [7, 11) is 0. The molecule has 26 heavy (non-hydrogen) atoms. The quantitative estimate of drug-likeness (QED) is 0.808. The third kappa shape index (κ3) is 3.10. The zero-order valence-electron chi connectivity index (χ0n) is 15.4. The number of aromatic nitrogens is 4. The standard InChI is InChI=1S/C19H28N6S/c1-2-6-15(7-3-1)25-19(20-21-22-25)18(17-9-5-13-26-17)24-12-11-23-10-4-8-16(23)14-24/h5,9,13,15-16,18H,1-4,6-8,10-12,14H2/p+2/t16-,18+/m1/s1. The molecule has 7 heteroatoms. The van der Waals surface area contributed by atoms with Crippen molar-refractivity contribution in [1.82, 2.24) is 20.2 Å². The Morgan fingerprint density at radius 2 is 2.00 bits per heavy atom. The van der Waals surface area contributed by atoms with Gasteiger partial charge in [0, 0.05) is 12.8 Å². The first kappa shape index (κ1) is 16.8. The van der Waals surface area contributed by atoms with Crippen molar-refractivity contribution < 1.29 is 9.80 Å². The van der Waals surface area contributed by atoms with Crippen LogP contribution in [0.25, 0.3) is 0 Å². The number of piperazine rings is 1. The first-order chi connectivity index (χ1) is 12.9. The maximum Gasteiger partial charge on any atom is 0.215 e. The maximum atomic E-state index is 4.59. The molecule has 6 nitrogen and oxygen atoms in total. The molecule has 140 valence electrons. The maximum absolute atomic E-state index is 4.59. The van der Waals surface area contributed by atoms with Crippen LogP contribution in [-0.2, 0) is 0 Å². The van der Waals surface area contributed by atoms with E-state index in [2.05, 4.69) is 37.7 Å². The van der Waals surface area contributed by atoms with E-state index in [1.807, 2.05) is 16.2 Å². The molecular weight excluding hydrogens is 344 g/mol. The van der Waals surface area contributed by atoms with Crippen LogP contribution in [-0.4, -0.2) is 52.4 Å². The summed E-state index contributed by atoms with van der Waals surface area (Å²) in [5.41, 5.74) is 0. The third-order valence-electron chi connectivity index (χ3n) is 6.84. The van der Waals surface area contributed by atoms with Crippen molar-refractivity contribution in [3.63, 3.8) is 0 Å². The summed E-state index contributed by atoms with van der Waals surface area (Å²) in [5.74, 6) is 1.11. The van der Waals surface area contributed by atoms with Gasteiger partial charge in [0.1, 0.15) is 25.7 Å². The van der Waals surface area contributed by atoms with Gasteiger partial charge in [-0.3, -0.25) is 0 Å². The average Bonchev–Trinajstić information content (AvgIpc) is 3.44. The highest BCUT2D eigenvalue weighted by Crippen LogP contribution is 2.30. The van der Waals surface area contributed by atoms with Crippen LogP contribution in [0.15, 0.2) is 17.5 Å².